The second-order valence-corrected chi connectivity index (χ2v) is 5.81. The van der Waals surface area contributed by atoms with Gasteiger partial charge in [-0.25, -0.2) is 9.10 Å². The molecule has 0 aliphatic rings. The summed E-state index contributed by atoms with van der Waals surface area (Å²) >= 11 is 4.13. The van der Waals surface area contributed by atoms with Gasteiger partial charge in [0.2, 0.25) is 0 Å². The van der Waals surface area contributed by atoms with Crippen molar-refractivity contribution in [2.45, 2.75) is 40.0 Å². The van der Waals surface area contributed by atoms with Crippen LogP contribution in [0.5, 0.6) is 11.5 Å². The van der Waals surface area contributed by atoms with Gasteiger partial charge in [-0.05, 0) is 25.2 Å². The van der Waals surface area contributed by atoms with Gasteiger partial charge in [0, 0.05) is 12.1 Å². The van der Waals surface area contributed by atoms with Crippen molar-refractivity contribution in [1.29, 1.82) is 0 Å². The minimum atomic E-state index is -0.707. The van der Waals surface area contributed by atoms with E-state index in [1.165, 1.54) is 12.1 Å². The SMILES string of the molecule is C#CC(=O)N(S)c1cc(OCCC)c(OCCC)cc1C(=O)OCCC. The van der Waals surface area contributed by atoms with E-state index in [1.807, 2.05) is 26.7 Å². The molecule has 1 aromatic carbocycles. The van der Waals surface area contributed by atoms with Gasteiger partial charge in [0.1, 0.15) is 0 Å². The maximum atomic E-state index is 12.4. The molecule has 7 heteroatoms. The average molecular weight is 379 g/mol. The molecule has 1 rings (SSSR count). The third kappa shape index (κ3) is 5.88. The van der Waals surface area contributed by atoms with E-state index >= 15 is 0 Å². The number of carbonyl (C=O) groups is 2. The predicted octanol–water partition coefficient (Wildman–Crippen LogP) is 3.64. The van der Waals surface area contributed by atoms with Crippen molar-refractivity contribution in [3.63, 3.8) is 0 Å². The molecule has 0 unspecified atom stereocenters. The third-order valence-corrected chi connectivity index (χ3v) is 3.58. The van der Waals surface area contributed by atoms with Gasteiger partial charge in [0.05, 0.1) is 31.1 Å². The summed E-state index contributed by atoms with van der Waals surface area (Å²) in [4.78, 5) is 24.3. The van der Waals surface area contributed by atoms with Crippen LogP contribution in [0.2, 0.25) is 0 Å². The fourth-order valence-corrected chi connectivity index (χ4v) is 2.20. The smallest absolute Gasteiger partial charge is 0.340 e. The number of rotatable bonds is 10. The highest BCUT2D eigenvalue weighted by Gasteiger charge is 2.24. The fraction of sp³-hybridized carbons (Fsp3) is 0.474. The standard InChI is InChI=1S/C19H25NO5S/c1-5-9-23-16-12-14(19(22)25-11-7-3)15(20(26)18(21)8-4)13-17(16)24-10-6-2/h4,12-13,26H,5-7,9-11H2,1-3H3. The Morgan fingerprint density at radius 3 is 2.08 bits per heavy atom. The van der Waals surface area contributed by atoms with Crippen molar-refractivity contribution in [2.24, 2.45) is 0 Å². The second kappa shape index (κ2) is 11.3. The molecule has 0 aliphatic carbocycles. The number of thiol groups is 1. The van der Waals surface area contributed by atoms with E-state index in [0.29, 0.717) is 31.1 Å². The lowest BCUT2D eigenvalue weighted by atomic mass is 10.1. The number of anilines is 1. The molecule has 142 valence electrons. The average Bonchev–Trinajstić information content (AvgIpc) is 2.67. The first-order valence-corrected chi connectivity index (χ1v) is 9.00. The number of carbonyl (C=O) groups excluding carboxylic acids is 2. The van der Waals surface area contributed by atoms with Crippen LogP contribution in [0.4, 0.5) is 5.69 Å². The minimum absolute atomic E-state index is 0.131. The largest absolute Gasteiger partial charge is 0.490 e. The lowest BCUT2D eigenvalue weighted by molar-refractivity contribution is -0.112. The van der Waals surface area contributed by atoms with Crippen LogP contribution < -0.4 is 13.8 Å². The Bertz CT molecular complexity index is 669. The van der Waals surface area contributed by atoms with E-state index in [0.717, 1.165) is 17.1 Å². The number of terminal acetylenes is 1. The van der Waals surface area contributed by atoms with Gasteiger partial charge in [0.15, 0.2) is 11.5 Å². The Morgan fingerprint density at radius 1 is 1.04 bits per heavy atom. The van der Waals surface area contributed by atoms with Crippen molar-refractivity contribution in [1.82, 2.24) is 0 Å². The summed E-state index contributed by atoms with van der Waals surface area (Å²) in [5.74, 6) is 1.49. The zero-order chi connectivity index (χ0) is 19.5. The molecule has 0 N–H and O–H groups in total. The Kier molecular flexibility index (Phi) is 9.45. The quantitative estimate of drug-likeness (QED) is 0.382. The minimum Gasteiger partial charge on any atom is -0.490 e. The lowest BCUT2D eigenvalue weighted by Gasteiger charge is -2.20. The van der Waals surface area contributed by atoms with Crippen LogP contribution in [0.1, 0.15) is 50.4 Å². The van der Waals surface area contributed by atoms with Crippen LogP contribution in [0.15, 0.2) is 12.1 Å². The Balaban J connectivity index is 3.42. The summed E-state index contributed by atoms with van der Waals surface area (Å²) in [5.41, 5.74) is 0.319. The zero-order valence-electron chi connectivity index (χ0n) is 15.4. The first kappa shape index (κ1) is 21.7. The molecule has 0 radical (unpaired) electrons. The molecule has 0 heterocycles. The molecule has 1 amide bonds. The highest BCUT2D eigenvalue weighted by Crippen LogP contribution is 2.37. The number of benzene rings is 1. The number of hydrogen-bond donors (Lipinski definition) is 1. The summed E-state index contributed by atoms with van der Waals surface area (Å²) in [6.07, 6.45) is 7.42. The van der Waals surface area contributed by atoms with E-state index in [4.69, 9.17) is 20.6 Å². The van der Waals surface area contributed by atoms with Crippen LogP contribution in [-0.4, -0.2) is 31.7 Å². The van der Waals surface area contributed by atoms with E-state index < -0.39 is 11.9 Å². The number of nitrogens with zero attached hydrogens (tertiary/aromatic N) is 1. The number of amides is 1. The third-order valence-electron chi connectivity index (χ3n) is 3.19. The lowest BCUT2D eigenvalue weighted by Crippen LogP contribution is -2.22. The molecule has 0 saturated heterocycles. The van der Waals surface area contributed by atoms with Crippen molar-refractivity contribution in [3.8, 4) is 23.8 Å². The summed E-state index contributed by atoms with van der Waals surface area (Å²) < 4.78 is 17.5. The number of esters is 1. The molecule has 0 saturated carbocycles. The molecule has 0 aromatic heterocycles. The second-order valence-electron chi connectivity index (χ2n) is 5.41. The normalized spacial score (nSPS) is 9.96. The highest BCUT2D eigenvalue weighted by atomic mass is 32.1. The molecule has 6 nitrogen and oxygen atoms in total. The highest BCUT2D eigenvalue weighted by molar-refractivity contribution is 7.82. The van der Waals surface area contributed by atoms with Gasteiger partial charge < -0.3 is 14.2 Å². The van der Waals surface area contributed by atoms with Gasteiger partial charge >= 0.3 is 11.9 Å². The van der Waals surface area contributed by atoms with Gasteiger partial charge in [0.25, 0.3) is 0 Å². The fourth-order valence-electron chi connectivity index (χ4n) is 1.98. The summed E-state index contributed by atoms with van der Waals surface area (Å²) in [6.45, 7) is 7.00. The molecule has 0 fully saturated rings. The molecule has 0 spiro atoms. The van der Waals surface area contributed by atoms with Gasteiger partial charge in [-0.3, -0.25) is 4.79 Å². The summed E-state index contributed by atoms with van der Waals surface area (Å²) in [6, 6.07) is 3.02. The molecule has 0 atom stereocenters. The van der Waals surface area contributed by atoms with Crippen LogP contribution in [0, 0.1) is 12.3 Å². The topological polar surface area (TPSA) is 65.1 Å². The first-order valence-electron chi connectivity index (χ1n) is 8.60. The Morgan fingerprint density at radius 2 is 1.58 bits per heavy atom. The molecule has 26 heavy (non-hydrogen) atoms. The number of hydrogen-bond acceptors (Lipinski definition) is 6. The van der Waals surface area contributed by atoms with Crippen molar-refractivity contribution in [3.05, 3.63) is 17.7 Å². The van der Waals surface area contributed by atoms with Crippen molar-refractivity contribution in [2.75, 3.05) is 24.1 Å². The van der Waals surface area contributed by atoms with E-state index in [-0.39, 0.29) is 17.9 Å². The molecular formula is C19H25NO5S. The Hall–Kier alpha value is -2.33. The predicted molar refractivity (Wildman–Crippen MR) is 104 cm³/mol. The molecule has 1 aromatic rings. The van der Waals surface area contributed by atoms with Crippen LogP contribution in [0.3, 0.4) is 0 Å². The molecular weight excluding hydrogens is 354 g/mol. The summed E-state index contributed by atoms with van der Waals surface area (Å²) in [7, 11) is 0. The maximum absolute atomic E-state index is 12.4. The monoisotopic (exact) mass is 379 g/mol. The maximum Gasteiger partial charge on any atom is 0.340 e. The van der Waals surface area contributed by atoms with E-state index in [2.05, 4.69) is 12.8 Å². The van der Waals surface area contributed by atoms with Gasteiger partial charge in [-0.2, -0.15) is 0 Å². The van der Waals surface area contributed by atoms with Crippen LogP contribution >= 0.6 is 12.8 Å². The van der Waals surface area contributed by atoms with Crippen molar-refractivity contribution >= 4 is 30.4 Å². The number of ether oxygens (including phenoxy) is 3. The summed E-state index contributed by atoms with van der Waals surface area (Å²) in [5, 5.41) is 0. The first-order chi connectivity index (χ1) is 12.5. The van der Waals surface area contributed by atoms with E-state index in [1.54, 1.807) is 0 Å². The molecule has 0 aliphatic heterocycles. The Labute approximate surface area is 160 Å². The van der Waals surface area contributed by atoms with Crippen LogP contribution in [-0.2, 0) is 9.53 Å². The van der Waals surface area contributed by atoms with E-state index in [9.17, 15) is 9.59 Å². The molecule has 0 bridgehead atoms. The van der Waals surface area contributed by atoms with Gasteiger partial charge in [-0.15, -0.1) is 6.42 Å². The van der Waals surface area contributed by atoms with Gasteiger partial charge in [-0.1, -0.05) is 33.6 Å². The van der Waals surface area contributed by atoms with Crippen molar-refractivity contribution < 1.29 is 23.8 Å². The zero-order valence-corrected chi connectivity index (χ0v) is 16.3. The van der Waals surface area contributed by atoms with Crippen LogP contribution in [0.25, 0.3) is 0 Å².